The molecule has 1 aromatic heterocycles. The SMILES string of the molecule is CCOC(=O)N1CCN(C(=O)Cn2cc(S(=O)(=O)Cc3ccc(F)cc3)c3ccccc32)CC1. The molecular weight excluding hydrogens is 461 g/mol. The number of rotatable bonds is 6. The normalized spacial score (nSPS) is 14.4. The second-order valence-electron chi connectivity index (χ2n) is 8.09. The fourth-order valence-corrected chi connectivity index (χ4v) is 5.65. The molecule has 0 bridgehead atoms. The van der Waals surface area contributed by atoms with Gasteiger partial charge in [-0.2, -0.15) is 0 Å². The second-order valence-corrected chi connectivity index (χ2v) is 10.0. The molecule has 0 atom stereocenters. The van der Waals surface area contributed by atoms with Gasteiger partial charge in [0.25, 0.3) is 0 Å². The minimum Gasteiger partial charge on any atom is -0.450 e. The molecule has 1 saturated heterocycles. The molecule has 0 unspecified atom stereocenters. The summed E-state index contributed by atoms with van der Waals surface area (Å²) < 4.78 is 46.3. The van der Waals surface area contributed by atoms with Gasteiger partial charge in [0.05, 0.1) is 17.3 Å². The number of carbonyl (C=O) groups excluding carboxylic acids is 2. The number of para-hydroxylation sites is 1. The number of hydrogen-bond acceptors (Lipinski definition) is 5. The summed E-state index contributed by atoms with van der Waals surface area (Å²) >= 11 is 0. The molecule has 1 fully saturated rings. The molecule has 2 heterocycles. The lowest BCUT2D eigenvalue weighted by Crippen LogP contribution is -2.51. The average Bonchev–Trinajstić information content (AvgIpc) is 3.20. The van der Waals surface area contributed by atoms with Crippen LogP contribution in [0.2, 0.25) is 0 Å². The molecule has 0 radical (unpaired) electrons. The van der Waals surface area contributed by atoms with Gasteiger partial charge in [-0.3, -0.25) is 4.79 Å². The van der Waals surface area contributed by atoms with E-state index in [0.717, 1.165) is 0 Å². The van der Waals surface area contributed by atoms with Crippen molar-refractivity contribution in [1.82, 2.24) is 14.4 Å². The molecule has 2 aromatic carbocycles. The van der Waals surface area contributed by atoms with Crippen molar-refractivity contribution in [3.05, 3.63) is 66.1 Å². The van der Waals surface area contributed by atoms with Gasteiger partial charge in [0, 0.05) is 43.3 Å². The van der Waals surface area contributed by atoms with Crippen molar-refractivity contribution in [2.75, 3.05) is 32.8 Å². The first-order valence-electron chi connectivity index (χ1n) is 11.0. The van der Waals surface area contributed by atoms with E-state index in [2.05, 4.69) is 0 Å². The van der Waals surface area contributed by atoms with Crippen LogP contribution in [-0.2, 0) is 31.7 Å². The fourth-order valence-electron chi connectivity index (χ4n) is 4.07. The number of hydrogen-bond donors (Lipinski definition) is 0. The van der Waals surface area contributed by atoms with Crippen LogP contribution in [0.3, 0.4) is 0 Å². The Labute approximate surface area is 197 Å². The molecule has 1 aliphatic heterocycles. The van der Waals surface area contributed by atoms with Gasteiger partial charge in [-0.15, -0.1) is 0 Å². The van der Waals surface area contributed by atoms with Gasteiger partial charge < -0.3 is 19.1 Å². The van der Waals surface area contributed by atoms with Gasteiger partial charge in [-0.1, -0.05) is 30.3 Å². The highest BCUT2D eigenvalue weighted by molar-refractivity contribution is 7.90. The van der Waals surface area contributed by atoms with Gasteiger partial charge in [0.2, 0.25) is 5.91 Å². The zero-order valence-electron chi connectivity index (χ0n) is 18.8. The third kappa shape index (κ3) is 5.06. The van der Waals surface area contributed by atoms with E-state index < -0.39 is 15.7 Å². The molecule has 10 heteroatoms. The van der Waals surface area contributed by atoms with Crippen LogP contribution in [0.15, 0.2) is 59.6 Å². The summed E-state index contributed by atoms with van der Waals surface area (Å²) in [5.74, 6) is -0.864. The first-order chi connectivity index (χ1) is 16.3. The molecule has 0 spiro atoms. The molecule has 0 aliphatic carbocycles. The van der Waals surface area contributed by atoms with Crippen LogP contribution in [0, 0.1) is 5.82 Å². The van der Waals surface area contributed by atoms with Crippen LogP contribution in [-0.4, -0.2) is 67.6 Å². The molecule has 0 N–H and O–H groups in total. The lowest BCUT2D eigenvalue weighted by atomic mass is 10.2. The van der Waals surface area contributed by atoms with Crippen LogP contribution >= 0.6 is 0 Å². The number of amides is 2. The average molecular weight is 488 g/mol. The van der Waals surface area contributed by atoms with Crippen molar-refractivity contribution in [3.63, 3.8) is 0 Å². The third-order valence-electron chi connectivity index (χ3n) is 5.82. The van der Waals surface area contributed by atoms with E-state index in [9.17, 15) is 22.4 Å². The van der Waals surface area contributed by atoms with Crippen LogP contribution in [0.25, 0.3) is 10.9 Å². The Balaban J connectivity index is 1.52. The van der Waals surface area contributed by atoms with E-state index in [0.29, 0.717) is 49.3 Å². The highest BCUT2D eigenvalue weighted by Gasteiger charge is 2.27. The van der Waals surface area contributed by atoms with Crippen molar-refractivity contribution >= 4 is 32.7 Å². The second kappa shape index (κ2) is 9.84. The maximum Gasteiger partial charge on any atom is 0.409 e. The van der Waals surface area contributed by atoms with E-state index >= 15 is 0 Å². The van der Waals surface area contributed by atoms with Gasteiger partial charge in [0.1, 0.15) is 12.4 Å². The maximum atomic E-state index is 13.2. The topological polar surface area (TPSA) is 88.9 Å². The van der Waals surface area contributed by atoms with Crippen molar-refractivity contribution < 1.29 is 27.1 Å². The van der Waals surface area contributed by atoms with Gasteiger partial charge >= 0.3 is 6.09 Å². The van der Waals surface area contributed by atoms with Gasteiger partial charge in [-0.05, 0) is 30.7 Å². The van der Waals surface area contributed by atoms with Crippen molar-refractivity contribution in [2.24, 2.45) is 0 Å². The monoisotopic (exact) mass is 487 g/mol. The molecule has 8 nitrogen and oxygen atoms in total. The number of sulfone groups is 1. The summed E-state index contributed by atoms with van der Waals surface area (Å²) in [4.78, 5) is 28.2. The first-order valence-corrected chi connectivity index (χ1v) is 12.7. The minimum absolute atomic E-state index is 0.0218. The number of ether oxygens (including phenoxy) is 1. The number of carbonyl (C=O) groups is 2. The van der Waals surface area contributed by atoms with Crippen molar-refractivity contribution in [2.45, 2.75) is 24.1 Å². The van der Waals surface area contributed by atoms with E-state index in [-0.39, 0.29) is 29.2 Å². The lowest BCUT2D eigenvalue weighted by Gasteiger charge is -2.34. The van der Waals surface area contributed by atoms with E-state index in [4.69, 9.17) is 4.74 Å². The molecule has 180 valence electrons. The smallest absolute Gasteiger partial charge is 0.409 e. The largest absolute Gasteiger partial charge is 0.450 e. The molecule has 0 saturated carbocycles. The summed E-state index contributed by atoms with van der Waals surface area (Å²) in [6.07, 6.45) is 1.11. The Morgan fingerprint density at radius 1 is 0.971 bits per heavy atom. The van der Waals surface area contributed by atoms with E-state index in [1.165, 1.54) is 30.5 Å². The quantitative estimate of drug-likeness (QED) is 0.533. The predicted octanol–water partition coefficient (Wildman–Crippen LogP) is 3.06. The third-order valence-corrected chi connectivity index (χ3v) is 7.53. The number of halogens is 1. The van der Waals surface area contributed by atoms with E-state index in [1.54, 1.807) is 45.6 Å². The highest BCUT2D eigenvalue weighted by atomic mass is 32.2. The van der Waals surface area contributed by atoms with Gasteiger partial charge in [-0.25, -0.2) is 17.6 Å². The van der Waals surface area contributed by atoms with E-state index in [1.807, 2.05) is 0 Å². The summed E-state index contributed by atoms with van der Waals surface area (Å²) in [7, 11) is -3.74. The lowest BCUT2D eigenvalue weighted by molar-refractivity contribution is -0.133. The Hall–Kier alpha value is -3.40. The molecule has 3 aromatic rings. The standard InChI is InChI=1S/C24H26FN3O5S/c1-2-33-24(30)27-13-11-26(12-14-27)23(29)16-28-15-22(20-5-3-4-6-21(20)28)34(31,32)17-18-7-9-19(25)10-8-18/h3-10,15H,2,11-14,16-17H2,1H3. The molecule has 34 heavy (non-hydrogen) atoms. The van der Waals surface area contributed by atoms with Crippen LogP contribution in [0.4, 0.5) is 9.18 Å². The fraction of sp³-hybridized carbons (Fsp3) is 0.333. The van der Waals surface area contributed by atoms with Crippen molar-refractivity contribution in [3.8, 4) is 0 Å². The maximum absolute atomic E-state index is 13.2. The van der Waals surface area contributed by atoms with Crippen LogP contribution in [0.5, 0.6) is 0 Å². The Bertz CT molecular complexity index is 1300. The molecular formula is C24H26FN3O5S. The number of aromatic nitrogens is 1. The first kappa shape index (κ1) is 23.7. The molecule has 4 rings (SSSR count). The van der Waals surface area contributed by atoms with Crippen molar-refractivity contribution in [1.29, 1.82) is 0 Å². The highest BCUT2D eigenvalue weighted by Crippen LogP contribution is 2.28. The number of piperazine rings is 1. The summed E-state index contributed by atoms with van der Waals surface area (Å²) in [6, 6.07) is 12.4. The van der Waals surface area contributed by atoms with Crippen LogP contribution < -0.4 is 0 Å². The zero-order chi connectivity index (χ0) is 24.3. The minimum atomic E-state index is -3.74. The number of fused-ring (bicyclic) bond motifs is 1. The summed E-state index contributed by atoms with van der Waals surface area (Å²) in [5.41, 5.74) is 1.12. The Morgan fingerprint density at radius 3 is 2.29 bits per heavy atom. The van der Waals surface area contributed by atoms with Gasteiger partial charge in [0.15, 0.2) is 9.84 Å². The zero-order valence-corrected chi connectivity index (χ0v) is 19.6. The summed E-state index contributed by atoms with van der Waals surface area (Å²) in [6.45, 7) is 3.55. The molecule has 1 aliphatic rings. The summed E-state index contributed by atoms with van der Waals surface area (Å²) in [5, 5.41) is 0.532. The number of nitrogens with zero attached hydrogens (tertiary/aromatic N) is 3. The molecule has 2 amide bonds. The Morgan fingerprint density at radius 2 is 1.62 bits per heavy atom. The predicted molar refractivity (Wildman–Crippen MR) is 124 cm³/mol. The number of benzene rings is 2. The van der Waals surface area contributed by atoms with Crippen LogP contribution in [0.1, 0.15) is 12.5 Å². The Kier molecular flexibility index (Phi) is 6.87.